The summed E-state index contributed by atoms with van der Waals surface area (Å²) < 4.78 is 18.3. The van der Waals surface area contributed by atoms with E-state index >= 15 is 0 Å². The predicted molar refractivity (Wildman–Crippen MR) is 74.7 cm³/mol. The van der Waals surface area contributed by atoms with Gasteiger partial charge in [-0.3, -0.25) is 0 Å². The Kier molecular flexibility index (Phi) is 5.31. The quantitative estimate of drug-likeness (QED) is 0.854. The van der Waals surface area contributed by atoms with E-state index in [0.717, 1.165) is 38.0 Å². The van der Waals surface area contributed by atoms with Crippen LogP contribution in [0.15, 0.2) is 24.3 Å². The maximum absolute atomic E-state index is 12.9. The van der Waals surface area contributed by atoms with Crippen LogP contribution >= 0.6 is 0 Å². The molecule has 0 amide bonds. The molecule has 2 atom stereocenters. The lowest BCUT2D eigenvalue weighted by atomic mass is 10.0. The van der Waals surface area contributed by atoms with E-state index in [1.54, 1.807) is 7.11 Å². The van der Waals surface area contributed by atoms with Crippen LogP contribution in [-0.2, 0) is 4.74 Å². The molecule has 1 heterocycles. The van der Waals surface area contributed by atoms with Crippen molar-refractivity contribution in [3.8, 4) is 0 Å². The van der Waals surface area contributed by atoms with Gasteiger partial charge >= 0.3 is 0 Å². The second-order valence-corrected chi connectivity index (χ2v) is 5.13. The molecule has 3 nitrogen and oxygen atoms in total. The Balaban J connectivity index is 1.84. The molecule has 1 aliphatic heterocycles. The zero-order chi connectivity index (χ0) is 13.7. The highest BCUT2D eigenvalue weighted by molar-refractivity contribution is 5.19. The van der Waals surface area contributed by atoms with Crippen molar-refractivity contribution in [2.45, 2.75) is 25.0 Å². The third-order valence-corrected chi connectivity index (χ3v) is 3.92. The summed E-state index contributed by atoms with van der Waals surface area (Å²) in [6.07, 6.45) is 2.54. The molecular formula is C15H23FN2O. The van der Waals surface area contributed by atoms with Gasteiger partial charge in [0.05, 0.1) is 6.10 Å². The fourth-order valence-electron chi connectivity index (χ4n) is 2.68. The molecule has 0 saturated carbocycles. The number of nitrogens with zero attached hydrogens (tertiary/aromatic N) is 1. The van der Waals surface area contributed by atoms with E-state index in [1.807, 2.05) is 19.2 Å². The molecule has 1 aromatic rings. The van der Waals surface area contributed by atoms with Crippen molar-refractivity contribution < 1.29 is 9.13 Å². The van der Waals surface area contributed by atoms with Gasteiger partial charge in [-0.2, -0.15) is 0 Å². The summed E-state index contributed by atoms with van der Waals surface area (Å²) in [6.45, 7) is 3.18. The SMILES string of the molecule is CNC(CCN1CCC(OC)C1)c1ccc(F)cc1. The van der Waals surface area contributed by atoms with E-state index in [4.69, 9.17) is 4.74 Å². The molecule has 1 aromatic carbocycles. The second-order valence-electron chi connectivity index (χ2n) is 5.13. The van der Waals surface area contributed by atoms with Crippen molar-refractivity contribution >= 4 is 0 Å². The summed E-state index contributed by atoms with van der Waals surface area (Å²) in [5.74, 6) is -0.180. The van der Waals surface area contributed by atoms with Crippen LogP contribution in [0.2, 0.25) is 0 Å². The number of ether oxygens (including phenoxy) is 1. The summed E-state index contributed by atoms with van der Waals surface area (Å²) in [6, 6.07) is 7.05. The third-order valence-electron chi connectivity index (χ3n) is 3.92. The fourth-order valence-corrected chi connectivity index (χ4v) is 2.68. The summed E-state index contributed by atoms with van der Waals surface area (Å²) in [5, 5.41) is 3.31. The van der Waals surface area contributed by atoms with Crippen LogP contribution in [0.1, 0.15) is 24.4 Å². The van der Waals surface area contributed by atoms with Crippen LogP contribution in [0.5, 0.6) is 0 Å². The van der Waals surface area contributed by atoms with Crippen molar-refractivity contribution in [1.82, 2.24) is 10.2 Å². The Labute approximate surface area is 114 Å². The number of likely N-dealkylation sites (tertiary alicyclic amines) is 1. The molecule has 2 unspecified atom stereocenters. The van der Waals surface area contributed by atoms with Gasteiger partial charge in [0.2, 0.25) is 0 Å². The minimum Gasteiger partial charge on any atom is -0.380 e. The van der Waals surface area contributed by atoms with Crippen molar-refractivity contribution in [2.24, 2.45) is 0 Å². The van der Waals surface area contributed by atoms with Gasteiger partial charge in [0.1, 0.15) is 5.82 Å². The lowest BCUT2D eigenvalue weighted by molar-refractivity contribution is 0.107. The first-order valence-electron chi connectivity index (χ1n) is 6.91. The molecule has 1 saturated heterocycles. The molecule has 106 valence electrons. The van der Waals surface area contributed by atoms with Gasteiger partial charge in [0.25, 0.3) is 0 Å². The van der Waals surface area contributed by atoms with Crippen LogP contribution < -0.4 is 5.32 Å². The third kappa shape index (κ3) is 4.00. The molecule has 0 aromatic heterocycles. The molecule has 4 heteroatoms. The monoisotopic (exact) mass is 266 g/mol. The zero-order valence-corrected chi connectivity index (χ0v) is 11.7. The Bertz CT molecular complexity index is 382. The van der Waals surface area contributed by atoms with Crippen molar-refractivity contribution in [1.29, 1.82) is 0 Å². The van der Waals surface area contributed by atoms with E-state index in [0.29, 0.717) is 6.10 Å². The van der Waals surface area contributed by atoms with Gasteiger partial charge in [-0.15, -0.1) is 0 Å². The number of nitrogens with one attached hydrogen (secondary N) is 1. The van der Waals surface area contributed by atoms with Gasteiger partial charge in [0.15, 0.2) is 0 Å². The van der Waals surface area contributed by atoms with Gasteiger partial charge in [-0.05, 0) is 37.6 Å². The number of hydrogen-bond acceptors (Lipinski definition) is 3. The Hall–Kier alpha value is -0.970. The maximum Gasteiger partial charge on any atom is 0.123 e. The van der Waals surface area contributed by atoms with E-state index in [9.17, 15) is 4.39 Å². The van der Waals surface area contributed by atoms with Gasteiger partial charge in [-0.1, -0.05) is 12.1 Å². The van der Waals surface area contributed by atoms with E-state index in [1.165, 1.54) is 12.1 Å². The number of halogens is 1. The van der Waals surface area contributed by atoms with Crippen molar-refractivity contribution in [3.63, 3.8) is 0 Å². The highest BCUT2D eigenvalue weighted by Crippen LogP contribution is 2.19. The topological polar surface area (TPSA) is 24.5 Å². The first-order valence-corrected chi connectivity index (χ1v) is 6.91. The first-order chi connectivity index (χ1) is 9.22. The highest BCUT2D eigenvalue weighted by Gasteiger charge is 2.22. The largest absolute Gasteiger partial charge is 0.380 e. The molecule has 0 spiro atoms. The summed E-state index contributed by atoms with van der Waals surface area (Å²) in [7, 11) is 3.74. The lowest BCUT2D eigenvalue weighted by Crippen LogP contribution is -2.28. The van der Waals surface area contributed by atoms with Crippen molar-refractivity contribution in [2.75, 3.05) is 33.8 Å². The molecule has 0 aliphatic carbocycles. The van der Waals surface area contributed by atoms with Gasteiger partial charge in [-0.25, -0.2) is 4.39 Å². The van der Waals surface area contributed by atoms with E-state index in [2.05, 4.69) is 10.2 Å². The van der Waals surface area contributed by atoms with Crippen LogP contribution in [-0.4, -0.2) is 44.8 Å². The van der Waals surface area contributed by atoms with Crippen LogP contribution in [0, 0.1) is 5.82 Å². The number of rotatable bonds is 6. The molecular weight excluding hydrogens is 243 g/mol. The summed E-state index contributed by atoms with van der Waals surface area (Å²) in [4.78, 5) is 2.43. The normalized spacial score (nSPS) is 21.7. The minimum absolute atomic E-state index is 0.180. The molecule has 2 rings (SSSR count). The average molecular weight is 266 g/mol. The number of hydrogen-bond donors (Lipinski definition) is 1. The van der Waals surface area contributed by atoms with Crippen LogP contribution in [0.3, 0.4) is 0 Å². The zero-order valence-electron chi connectivity index (χ0n) is 11.7. The standard InChI is InChI=1S/C15H23FN2O/c1-17-15(12-3-5-13(16)6-4-12)8-10-18-9-7-14(11-18)19-2/h3-6,14-15,17H,7-11H2,1-2H3. The van der Waals surface area contributed by atoms with Gasteiger partial charge in [0, 0.05) is 32.8 Å². The molecule has 0 radical (unpaired) electrons. The van der Waals surface area contributed by atoms with E-state index < -0.39 is 0 Å². The Morgan fingerprint density at radius 1 is 1.42 bits per heavy atom. The Morgan fingerprint density at radius 2 is 2.16 bits per heavy atom. The number of methoxy groups -OCH3 is 1. The molecule has 1 aliphatic rings. The molecule has 1 fully saturated rings. The van der Waals surface area contributed by atoms with Crippen molar-refractivity contribution in [3.05, 3.63) is 35.6 Å². The Morgan fingerprint density at radius 3 is 2.74 bits per heavy atom. The first kappa shape index (κ1) is 14.4. The fraction of sp³-hybridized carbons (Fsp3) is 0.600. The highest BCUT2D eigenvalue weighted by atomic mass is 19.1. The predicted octanol–water partition coefficient (Wildman–Crippen LogP) is 2.20. The van der Waals surface area contributed by atoms with Crippen LogP contribution in [0.4, 0.5) is 4.39 Å². The summed E-state index contributed by atoms with van der Waals surface area (Å²) >= 11 is 0. The van der Waals surface area contributed by atoms with Gasteiger partial charge < -0.3 is 15.0 Å². The number of benzene rings is 1. The second kappa shape index (κ2) is 6.98. The molecule has 1 N–H and O–H groups in total. The summed E-state index contributed by atoms with van der Waals surface area (Å²) in [5.41, 5.74) is 1.14. The molecule has 0 bridgehead atoms. The van der Waals surface area contributed by atoms with Crippen LogP contribution in [0.25, 0.3) is 0 Å². The molecule has 19 heavy (non-hydrogen) atoms. The minimum atomic E-state index is -0.180. The maximum atomic E-state index is 12.9. The smallest absolute Gasteiger partial charge is 0.123 e. The average Bonchev–Trinajstić information content (AvgIpc) is 2.89. The lowest BCUT2D eigenvalue weighted by Gasteiger charge is -2.21. The van der Waals surface area contributed by atoms with E-state index in [-0.39, 0.29) is 11.9 Å².